The fourth-order valence-electron chi connectivity index (χ4n) is 4.46. The van der Waals surface area contributed by atoms with Crippen LogP contribution in [0.5, 0.6) is 0 Å². The Kier molecular flexibility index (Phi) is 6.88. The molecule has 3 rings (SSSR count). The molecule has 0 spiro atoms. The number of nitrogens with one attached hydrogen (secondary N) is 1. The van der Waals surface area contributed by atoms with E-state index in [9.17, 15) is 19.1 Å². The van der Waals surface area contributed by atoms with E-state index >= 15 is 0 Å². The van der Waals surface area contributed by atoms with Crippen LogP contribution < -0.4 is 16.0 Å². The van der Waals surface area contributed by atoms with E-state index < -0.39 is 18.0 Å². The number of aliphatic hydroxyl groups is 1. The molecule has 1 saturated carbocycles. The summed E-state index contributed by atoms with van der Waals surface area (Å²) in [6, 6.07) is 3.24. The van der Waals surface area contributed by atoms with Crippen LogP contribution in [0.15, 0.2) is 18.2 Å². The molecular weight excluding hydrogens is 361 g/mol. The van der Waals surface area contributed by atoms with Crippen LogP contribution in [0.2, 0.25) is 0 Å². The fraction of sp³-hybridized carbons (Fsp3) is 0.619. The average Bonchev–Trinajstić information content (AvgIpc) is 3.04. The Labute approximate surface area is 165 Å². The molecule has 1 heterocycles. The summed E-state index contributed by atoms with van der Waals surface area (Å²) in [5.41, 5.74) is 6.96. The van der Waals surface area contributed by atoms with Crippen molar-refractivity contribution in [3.8, 4) is 0 Å². The number of nitrogens with zero attached hydrogens (tertiary/aromatic N) is 1. The van der Waals surface area contributed by atoms with E-state index in [0.717, 1.165) is 12.1 Å². The van der Waals surface area contributed by atoms with Crippen molar-refractivity contribution in [1.82, 2.24) is 5.32 Å². The summed E-state index contributed by atoms with van der Waals surface area (Å²) in [7, 11) is 0. The van der Waals surface area contributed by atoms with Crippen LogP contribution >= 0.6 is 0 Å². The van der Waals surface area contributed by atoms with Gasteiger partial charge in [-0.3, -0.25) is 9.59 Å². The summed E-state index contributed by atoms with van der Waals surface area (Å²) in [5.74, 6) is -0.332. The Morgan fingerprint density at radius 2 is 2.04 bits per heavy atom. The molecule has 1 aromatic carbocycles. The number of aliphatic hydroxyl groups excluding tert-OH is 1. The van der Waals surface area contributed by atoms with Crippen molar-refractivity contribution < 1.29 is 19.1 Å². The number of rotatable bonds is 8. The van der Waals surface area contributed by atoms with E-state index in [1.54, 1.807) is 11.0 Å². The summed E-state index contributed by atoms with van der Waals surface area (Å²) in [5, 5.41) is 12.6. The molecule has 0 aromatic heterocycles. The maximum absolute atomic E-state index is 13.5. The highest BCUT2D eigenvalue weighted by molar-refractivity contribution is 5.87. The normalized spacial score (nSPS) is 20.6. The standard InChI is InChI=1S/C21H30FN3O3/c22-16-7-8-18-15(10-16)11-19(21(23)28)25(18)12-17(13-26)24-20(27)9-6-14-4-2-1-3-5-14/h7-8,10,14,17,19,26H,1-6,9,11-13H2,(H2,23,28)(H,24,27)/t17-,19?/m0/s1. The Morgan fingerprint density at radius 1 is 1.29 bits per heavy atom. The minimum atomic E-state index is -0.606. The molecule has 4 N–H and O–H groups in total. The first-order valence-corrected chi connectivity index (χ1v) is 10.2. The molecule has 1 unspecified atom stereocenters. The lowest BCUT2D eigenvalue weighted by molar-refractivity contribution is -0.122. The number of carbonyl (C=O) groups excluding carboxylic acids is 2. The number of fused-ring (bicyclic) bond motifs is 1. The predicted molar refractivity (Wildman–Crippen MR) is 105 cm³/mol. The zero-order valence-corrected chi connectivity index (χ0v) is 16.2. The maximum atomic E-state index is 13.5. The van der Waals surface area contributed by atoms with Crippen LogP contribution in [0, 0.1) is 11.7 Å². The number of hydrogen-bond acceptors (Lipinski definition) is 4. The van der Waals surface area contributed by atoms with Gasteiger partial charge in [0.25, 0.3) is 0 Å². The van der Waals surface area contributed by atoms with Crippen molar-refractivity contribution in [3.05, 3.63) is 29.6 Å². The molecule has 7 heteroatoms. The third-order valence-corrected chi connectivity index (χ3v) is 5.98. The van der Waals surface area contributed by atoms with Crippen LogP contribution in [-0.2, 0) is 16.0 Å². The van der Waals surface area contributed by atoms with Gasteiger partial charge in [-0.2, -0.15) is 0 Å². The molecule has 2 aliphatic rings. The van der Waals surface area contributed by atoms with Gasteiger partial charge in [-0.05, 0) is 36.1 Å². The van der Waals surface area contributed by atoms with Gasteiger partial charge < -0.3 is 21.1 Å². The van der Waals surface area contributed by atoms with Gasteiger partial charge in [0, 0.05) is 25.1 Å². The van der Waals surface area contributed by atoms with Gasteiger partial charge in [-0.25, -0.2) is 4.39 Å². The number of benzene rings is 1. The third-order valence-electron chi connectivity index (χ3n) is 5.98. The first-order valence-electron chi connectivity index (χ1n) is 10.2. The second-order valence-electron chi connectivity index (χ2n) is 8.04. The molecule has 6 nitrogen and oxygen atoms in total. The van der Waals surface area contributed by atoms with Crippen LogP contribution in [0.3, 0.4) is 0 Å². The molecule has 0 saturated heterocycles. The molecule has 1 fully saturated rings. The average molecular weight is 391 g/mol. The minimum Gasteiger partial charge on any atom is -0.394 e. The van der Waals surface area contributed by atoms with Gasteiger partial charge in [0.1, 0.15) is 11.9 Å². The SMILES string of the molecule is NC(=O)C1Cc2cc(F)ccc2N1C[C@@H](CO)NC(=O)CCC1CCCCC1. The Morgan fingerprint density at radius 3 is 2.71 bits per heavy atom. The van der Waals surface area contributed by atoms with Crippen LogP contribution in [0.4, 0.5) is 10.1 Å². The first kappa shape index (κ1) is 20.6. The first-order chi connectivity index (χ1) is 13.5. The van der Waals surface area contributed by atoms with E-state index in [-0.39, 0.29) is 24.9 Å². The molecule has 154 valence electrons. The van der Waals surface area contributed by atoms with Gasteiger partial charge in [0.05, 0.1) is 12.6 Å². The summed E-state index contributed by atoms with van der Waals surface area (Å²) in [6.45, 7) is 0.00554. The number of halogens is 1. The summed E-state index contributed by atoms with van der Waals surface area (Å²) < 4.78 is 13.5. The number of carbonyl (C=O) groups is 2. The Balaban J connectivity index is 1.59. The van der Waals surface area contributed by atoms with Gasteiger partial charge in [-0.1, -0.05) is 32.1 Å². The van der Waals surface area contributed by atoms with Gasteiger partial charge in [0.2, 0.25) is 11.8 Å². The zero-order valence-electron chi connectivity index (χ0n) is 16.2. The van der Waals surface area contributed by atoms with E-state index in [1.807, 2.05) is 0 Å². The zero-order chi connectivity index (χ0) is 20.1. The van der Waals surface area contributed by atoms with Gasteiger partial charge in [-0.15, -0.1) is 0 Å². The predicted octanol–water partition coefficient (Wildman–Crippen LogP) is 1.88. The second kappa shape index (κ2) is 9.37. The molecule has 28 heavy (non-hydrogen) atoms. The maximum Gasteiger partial charge on any atom is 0.240 e. The number of primary amides is 1. The lowest BCUT2D eigenvalue weighted by atomic mass is 9.86. The summed E-state index contributed by atoms with van der Waals surface area (Å²) >= 11 is 0. The van der Waals surface area contributed by atoms with E-state index in [2.05, 4.69) is 5.32 Å². The highest BCUT2D eigenvalue weighted by atomic mass is 19.1. The molecule has 0 radical (unpaired) electrons. The smallest absolute Gasteiger partial charge is 0.240 e. The number of nitrogens with two attached hydrogens (primary N) is 1. The monoisotopic (exact) mass is 391 g/mol. The fourth-order valence-corrected chi connectivity index (χ4v) is 4.46. The van der Waals surface area contributed by atoms with E-state index in [1.165, 1.54) is 44.2 Å². The molecule has 1 aliphatic heterocycles. The molecule has 2 atom stereocenters. The van der Waals surface area contributed by atoms with Crippen LogP contribution in [-0.4, -0.2) is 42.2 Å². The van der Waals surface area contributed by atoms with Gasteiger partial charge in [0.15, 0.2) is 0 Å². The van der Waals surface area contributed by atoms with Gasteiger partial charge >= 0.3 is 0 Å². The Hall–Kier alpha value is -2.15. The molecule has 0 bridgehead atoms. The van der Waals surface area contributed by atoms with Crippen molar-refractivity contribution >= 4 is 17.5 Å². The van der Waals surface area contributed by atoms with E-state index in [0.29, 0.717) is 24.3 Å². The van der Waals surface area contributed by atoms with Crippen molar-refractivity contribution in [1.29, 1.82) is 0 Å². The number of amides is 2. The van der Waals surface area contributed by atoms with Crippen molar-refractivity contribution in [2.75, 3.05) is 18.1 Å². The lowest BCUT2D eigenvalue weighted by Crippen LogP contribution is -2.51. The molecule has 1 aliphatic carbocycles. The second-order valence-corrected chi connectivity index (χ2v) is 8.04. The number of anilines is 1. The highest BCUT2D eigenvalue weighted by Crippen LogP contribution is 2.33. The van der Waals surface area contributed by atoms with Crippen LogP contribution in [0.25, 0.3) is 0 Å². The largest absolute Gasteiger partial charge is 0.394 e. The van der Waals surface area contributed by atoms with E-state index in [4.69, 9.17) is 5.73 Å². The minimum absolute atomic E-state index is 0.0845. The third kappa shape index (κ3) is 5.01. The summed E-state index contributed by atoms with van der Waals surface area (Å²) in [6.07, 6.45) is 7.82. The highest BCUT2D eigenvalue weighted by Gasteiger charge is 2.34. The Bertz CT molecular complexity index is 706. The molecule has 2 amide bonds. The quantitative estimate of drug-likeness (QED) is 0.630. The number of hydrogen-bond donors (Lipinski definition) is 3. The topological polar surface area (TPSA) is 95.7 Å². The molecular formula is C21H30FN3O3. The lowest BCUT2D eigenvalue weighted by Gasteiger charge is -2.30. The molecule has 1 aromatic rings. The van der Waals surface area contributed by atoms with Crippen molar-refractivity contribution in [3.63, 3.8) is 0 Å². The van der Waals surface area contributed by atoms with Crippen molar-refractivity contribution in [2.45, 2.75) is 63.5 Å². The van der Waals surface area contributed by atoms with Crippen LogP contribution in [0.1, 0.15) is 50.5 Å². The summed E-state index contributed by atoms with van der Waals surface area (Å²) in [4.78, 5) is 26.0. The van der Waals surface area contributed by atoms with Crippen molar-refractivity contribution in [2.24, 2.45) is 11.7 Å².